The van der Waals surface area contributed by atoms with Gasteiger partial charge in [-0.15, -0.1) is 0 Å². The lowest BCUT2D eigenvalue weighted by molar-refractivity contribution is -0.125. The average Bonchev–Trinajstić information content (AvgIpc) is 3.79. The smallest absolute Gasteiger partial charge is 0.382 e. The number of hydrogen-bond donors (Lipinski definition) is 4. The summed E-state index contributed by atoms with van der Waals surface area (Å²) in [7, 11) is 1.39. The van der Waals surface area contributed by atoms with E-state index in [9.17, 15) is 9.46 Å². The minimum absolute atomic E-state index is 0.0788. The van der Waals surface area contributed by atoms with Gasteiger partial charge in [-0.05, 0) is 18.2 Å². The van der Waals surface area contributed by atoms with Gasteiger partial charge < -0.3 is 35.1 Å². The average molecular weight is 735 g/mol. The first kappa shape index (κ1) is 33.1. The maximum absolute atomic E-state index is 16.0. The number of fused-ring (bicyclic) bond motifs is 5. The Morgan fingerprint density at radius 1 is 1.06 bits per heavy atom. The zero-order valence-corrected chi connectivity index (χ0v) is 28.0. The van der Waals surface area contributed by atoms with Crippen LogP contribution in [0.5, 0.6) is 0 Å². The van der Waals surface area contributed by atoms with E-state index in [-0.39, 0.29) is 29.2 Å². The zero-order chi connectivity index (χ0) is 33.3. The molecule has 3 aliphatic heterocycles. The van der Waals surface area contributed by atoms with Gasteiger partial charge in [0.25, 0.3) is 0 Å². The van der Waals surface area contributed by atoms with Gasteiger partial charge in [0, 0.05) is 7.11 Å². The Labute approximate surface area is 275 Å². The topological polar surface area (TPSA) is 241 Å². The number of aromatic nitrogens is 8. The van der Waals surface area contributed by atoms with E-state index in [0.717, 1.165) is 0 Å². The molecule has 4 aromatic rings. The van der Waals surface area contributed by atoms with E-state index in [0.29, 0.717) is 11.2 Å². The van der Waals surface area contributed by atoms with Crippen LogP contribution in [0.25, 0.3) is 22.3 Å². The van der Waals surface area contributed by atoms with Gasteiger partial charge in [0.05, 0.1) is 25.9 Å². The number of methoxy groups -OCH3 is 1. The maximum Gasteiger partial charge on any atom is 0.386 e. The number of rotatable bonds is 4. The SMILES string of the molecule is CC[C@@]12COP(O)(=S)O[C@@H]3[C@H](F)[C@@H](COP(=O)(S)O[C@H]1[C@@H](OC)[C@H](n1cnc4c(N)ncnc41)O2)O[C@H]3n1cnc2c(N)ncnc21. The maximum atomic E-state index is 16.0. The third kappa shape index (κ3) is 5.73. The van der Waals surface area contributed by atoms with Crippen LogP contribution in [-0.2, 0) is 48.7 Å². The van der Waals surface area contributed by atoms with Crippen molar-refractivity contribution in [2.24, 2.45) is 0 Å². The van der Waals surface area contributed by atoms with Gasteiger partial charge in [-0.1, -0.05) is 19.2 Å². The van der Waals surface area contributed by atoms with Crippen LogP contribution < -0.4 is 11.5 Å². The number of nitrogens with zero attached hydrogens (tertiary/aromatic N) is 8. The first-order chi connectivity index (χ1) is 22.4. The highest BCUT2D eigenvalue weighted by atomic mass is 32.7. The molecule has 0 radical (unpaired) electrons. The monoisotopic (exact) mass is 734 g/mol. The van der Waals surface area contributed by atoms with Crippen molar-refractivity contribution in [1.82, 2.24) is 39.0 Å². The van der Waals surface area contributed by atoms with Gasteiger partial charge in [-0.3, -0.25) is 22.7 Å². The molecule has 10 atom stereocenters. The Kier molecular flexibility index (Phi) is 8.54. The number of halogens is 1. The molecule has 0 aromatic carbocycles. The zero-order valence-electron chi connectivity index (χ0n) is 24.5. The second-order valence-corrected chi connectivity index (χ2v) is 16.6. The molecule has 0 saturated carbocycles. The lowest BCUT2D eigenvalue weighted by atomic mass is 9.93. The summed E-state index contributed by atoms with van der Waals surface area (Å²) in [4.78, 5) is 36.2. The molecule has 3 saturated heterocycles. The quantitative estimate of drug-likeness (QED) is 0.173. The van der Waals surface area contributed by atoms with E-state index in [2.05, 4.69) is 42.2 Å². The van der Waals surface area contributed by atoms with Crippen LogP contribution in [0.1, 0.15) is 25.8 Å². The van der Waals surface area contributed by atoms with E-state index < -0.39 is 75.4 Å². The van der Waals surface area contributed by atoms with E-state index in [1.54, 1.807) is 11.5 Å². The summed E-state index contributed by atoms with van der Waals surface area (Å²) < 4.78 is 74.3. The number of nitrogen functional groups attached to an aromatic ring is 2. The molecular formula is C23H29FN10O9P2S2. The van der Waals surface area contributed by atoms with Crippen LogP contribution >= 0.6 is 25.8 Å². The number of thiol groups is 1. The summed E-state index contributed by atoms with van der Waals surface area (Å²) in [5.41, 5.74) is 11.5. The van der Waals surface area contributed by atoms with Crippen LogP contribution in [0.3, 0.4) is 0 Å². The van der Waals surface area contributed by atoms with Gasteiger partial charge in [-0.25, -0.2) is 38.9 Å². The van der Waals surface area contributed by atoms with Gasteiger partial charge in [0.15, 0.2) is 41.6 Å². The van der Waals surface area contributed by atoms with Crippen LogP contribution in [0.2, 0.25) is 0 Å². The van der Waals surface area contributed by atoms with Gasteiger partial charge in [0.1, 0.15) is 53.7 Å². The molecule has 7 heterocycles. The molecule has 19 nitrogen and oxygen atoms in total. The Morgan fingerprint density at radius 2 is 1.68 bits per heavy atom. The number of hydrogen-bond acceptors (Lipinski definition) is 17. The summed E-state index contributed by atoms with van der Waals surface area (Å²) in [5, 5.41) is 0. The van der Waals surface area contributed by atoms with Crippen LogP contribution in [0.4, 0.5) is 16.0 Å². The molecule has 3 aliphatic rings. The molecule has 3 fully saturated rings. The molecule has 2 bridgehead atoms. The first-order valence-corrected chi connectivity index (χ1v) is 19.3. The van der Waals surface area contributed by atoms with E-state index in [4.69, 9.17) is 55.6 Å². The lowest BCUT2D eigenvalue weighted by Crippen LogP contribution is -2.48. The molecule has 24 heteroatoms. The minimum Gasteiger partial charge on any atom is -0.382 e. The third-order valence-corrected chi connectivity index (χ3v) is 11.4. The first-order valence-electron chi connectivity index (χ1n) is 14.0. The predicted molar refractivity (Wildman–Crippen MR) is 167 cm³/mol. The largest absolute Gasteiger partial charge is 0.386 e. The highest BCUT2D eigenvalue weighted by Crippen LogP contribution is 2.60. The second-order valence-electron chi connectivity index (χ2n) is 10.9. The Hall–Kier alpha value is -2.46. The Morgan fingerprint density at radius 3 is 2.28 bits per heavy atom. The van der Waals surface area contributed by atoms with Gasteiger partial charge in [-0.2, -0.15) is 0 Å². The minimum atomic E-state index is -4.32. The Bertz CT molecular complexity index is 1930. The summed E-state index contributed by atoms with van der Waals surface area (Å²) in [6.07, 6.45) is -4.11. The summed E-state index contributed by atoms with van der Waals surface area (Å²) in [5.74, 6) is 0.218. The molecule has 0 amide bonds. The number of alkyl halides is 1. The van der Waals surface area contributed by atoms with Crippen molar-refractivity contribution < 1.29 is 46.2 Å². The molecule has 0 aliphatic carbocycles. The molecule has 4 aromatic heterocycles. The molecule has 254 valence electrons. The number of ether oxygens (including phenoxy) is 3. The van der Waals surface area contributed by atoms with Crippen molar-refractivity contribution in [3.63, 3.8) is 0 Å². The fraction of sp³-hybridized carbons (Fsp3) is 0.565. The molecule has 5 N–H and O–H groups in total. The van der Waals surface area contributed by atoms with Gasteiger partial charge in [0.2, 0.25) is 0 Å². The highest BCUT2D eigenvalue weighted by molar-refractivity contribution is 8.44. The molecule has 47 heavy (non-hydrogen) atoms. The van der Waals surface area contributed by atoms with E-state index in [1.807, 2.05) is 0 Å². The van der Waals surface area contributed by atoms with Crippen LogP contribution in [0.15, 0.2) is 25.3 Å². The third-order valence-electron chi connectivity index (χ3n) is 8.29. The molecule has 2 unspecified atom stereocenters. The molecular weight excluding hydrogens is 705 g/mol. The van der Waals surface area contributed by atoms with Crippen LogP contribution in [-0.4, -0.2) is 100 Å². The summed E-state index contributed by atoms with van der Waals surface area (Å²) >= 11 is 9.58. The lowest BCUT2D eigenvalue weighted by Gasteiger charge is -2.35. The predicted octanol–water partition coefficient (Wildman–Crippen LogP) is 1.83. The standard InChI is InChI=1S/C23H29FN10O9P2S2/c1-3-23-5-39-45(36,47)42-14-11(24)10(40-21(14)33-8-31-12-17(25)27-6-29-19(12)33)4-38-44(35,46)43-16(23)15(37-2)22(41-23)34-9-32-13-18(26)28-7-30-20(13)34/h6-11,14-16,21-22H,3-5H2,1-2H3,(H,35,46)(H,36,47)(H2,25,27,29)(H2,26,28,30)/t10-,11-,14-,15-,16+,21-,22-,23-,44?,45?/m1/s1. The van der Waals surface area contributed by atoms with Gasteiger partial charge >= 0.3 is 13.5 Å². The van der Waals surface area contributed by atoms with Crippen molar-refractivity contribution in [1.29, 1.82) is 0 Å². The summed E-state index contributed by atoms with van der Waals surface area (Å²) in [6, 6.07) is 0. The molecule has 7 rings (SSSR count). The summed E-state index contributed by atoms with van der Waals surface area (Å²) in [6.45, 7) is -7.94. The van der Waals surface area contributed by atoms with Crippen LogP contribution in [0, 0.1) is 0 Å². The number of imidazole rings is 2. The van der Waals surface area contributed by atoms with Crippen molar-refractivity contribution >= 4 is 71.5 Å². The fourth-order valence-electron chi connectivity index (χ4n) is 5.93. The van der Waals surface area contributed by atoms with Crippen molar-refractivity contribution in [2.75, 3.05) is 31.8 Å². The fourth-order valence-corrected chi connectivity index (χ4v) is 8.86. The normalized spacial score (nSPS) is 38.2. The number of nitrogens with two attached hydrogens (primary N) is 2. The highest BCUT2D eigenvalue weighted by Gasteiger charge is 2.60. The van der Waals surface area contributed by atoms with E-state index >= 15 is 4.39 Å². The molecule has 0 spiro atoms. The van der Waals surface area contributed by atoms with Crippen molar-refractivity contribution in [2.45, 2.75) is 62.0 Å². The van der Waals surface area contributed by atoms with Crippen molar-refractivity contribution in [3.05, 3.63) is 25.3 Å². The second kappa shape index (κ2) is 12.1. The number of anilines is 2. The Balaban J connectivity index is 1.26. The van der Waals surface area contributed by atoms with Crippen molar-refractivity contribution in [3.8, 4) is 0 Å². The van der Waals surface area contributed by atoms with E-state index in [1.165, 1.54) is 37.0 Å².